The van der Waals surface area contributed by atoms with E-state index in [0.29, 0.717) is 22.3 Å². The summed E-state index contributed by atoms with van der Waals surface area (Å²) in [5.41, 5.74) is 1.69. The lowest BCUT2D eigenvalue weighted by Gasteiger charge is -1.94. The van der Waals surface area contributed by atoms with Crippen LogP contribution >= 0.6 is 11.6 Å². The Bertz CT molecular complexity index is 538. The summed E-state index contributed by atoms with van der Waals surface area (Å²) in [6.07, 6.45) is 3.06. The van der Waals surface area contributed by atoms with Crippen molar-refractivity contribution < 1.29 is 9.21 Å². The fraction of sp³-hybridized carbons (Fsp3) is 0.250. The lowest BCUT2D eigenvalue weighted by Crippen LogP contribution is -1.83. The molecule has 1 aromatic heterocycles. The highest BCUT2D eigenvalue weighted by molar-refractivity contribution is 6.35. The SMILES string of the molecule is O=Cc1oc2c(Cl)cccc2c1C1CC1. The van der Waals surface area contributed by atoms with Gasteiger partial charge in [0.15, 0.2) is 17.6 Å². The van der Waals surface area contributed by atoms with E-state index in [-0.39, 0.29) is 0 Å². The molecule has 0 saturated heterocycles. The van der Waals surface area contributed by atoms with Crippen LogP contribution in [0.1, 0.15) is 34.9 Å². The third-order valence-corrected chi connectivity index (χ3v) is 3.12. The van der Waals surface area contributed by atoms with Crippen LogP contribution in [0.25, 0.3) is 11.0 Å². The number of benzene rings is 1. The number of halogens is 1. The quantitative estimate of drug-likeness (QED) is 0.721. The smallest absolute Gasteiger partial charge is 0.185 e. The first kappa shape index (κ1) is 8.98. The molecule has 3 rings (SSSR count). The number of carbonyl (C=O) groups excluding carboxylic acids is 1. The summed E-state index contributed by atoms with van der Waals surface area (Å²) in [6.45, 7) is 0. The van der Waals surface area contributed by atoms with Crippen molar-refractivity contribution in [2.45, 2.75) is 18.8 Å². The molecule has 1 aliphatic rings. The molecule has 76 valence electrons. The van der Waals surface area contributed by atoms with Crippen LogP contribution in [0.4, 0.5) is 0 Å². The number of fused-ring (bicyclic) bond motifs is 1. The van der Waals surface area contributed by atoms with Crippen molar-refractivity contribution in [3.63, 3.8) is 0 Å². The van der Waals surface area contributed by atoms with Gasteiger partial charge < -0.3 is 4.42 Å². The monoisotopic (exact) mass is 220 g/mol. The Labute approximate surface area is 91.8 Å². The van der Waals surface area contributed by atoms with Gasteiger partial charge in [0, 0.05) is 10.9 Å². The highest BCUT2D eigenvalue weighted by Gasteiger charge is 2.31. The molecule has 0 amide bonds. The molecule has 2 aromatic rings. The average molecular weight is 221 g/mol. The molecule has 0 spiro atoms. The van der Waals surface area contributed by atoms with Gasteiger partial charge in [-0.05, 0) is 24.8 Å². The molecule has 0 radical (unpaired) electrons. The number of hydrogen-bond acceptors (Lipinski definition) is 2. The van der Waals surface area contributed by atoms with Crippen molar-refractivity contribution in [2.75, 3.05) is 0 Å². The Morgan fingerprint density at radius 3 is 2.87 bits per heavy atom. The van der Waals surface area contributed by atoms with Gasteiger partial charge in [0.2, 0.25) is 0 Å². The Kier molecular flexibility index (Phi) is 1.86. The number of furan rings is 1. The van der Waals surface area contributed by atoms with Crippen molar-refractivity contribution >= 4 is 28.9 Å². The molecule has 1 saturated carbocycles. The van der Waals surface area contributed by atoms with Gasteiger partial charge in [-0.3, -0.25) is 4.79 Å². The maximum Gasteiger partial charge on any atom is 0.185 e. The van der Waals surface area contributed by atoms with Gasteiger partial charge in [0.1, 0.15) is 0 Å². The number of aldehydes is 1. The van der Waals surface area contributed by atoms with Crippen LogP contribution in [0, 0.1) is 0 Å². The van der Waals surface area contributed by atoms with Crippen molar-refractivity contribution in [2.24, 2.45) is 0 Å². The largest absolute Gasteiger partial charge is 0.451 e. The lowest BCUT2D eigenvalue weighted by atomic mass is 10.1. The number of carbonyl (C=O) groups is 1. The first-order chi connectivity index (χ1) is 7.31. The first-order valence-electron chi connectivity index (χ1n) is 4.97. The second-order valence-electron chi connectivity index (χ2n) is 3.89. The average Bonchev–Trinajstić information content (AvgIpc) is 3.00. The zero-order valence-electron chi connectivity index (χ0n) is 8.00. The highest BCUT2D eigenvalue weighted by atomic mass is 35.5. The zero-order valence-corrected chi connectivity index (χ0v) is 8.75. The minimum Gasteiger partial charge on any atom is -0.451 e. The van der Waals surface area contributed by atoms with E-state index in [4.69, 9.17) is 16.0 Å². The third-order valence-electron chi connectivity index (χ3n) is 2.83. The van der Waals surface area contributed by atoms with E-state index >= 15 is 0 Å². The predicted octanol–water partition coefficient (Wildman–Crippen LogP) is 3.78. The minimum absolute atomic E-state index is 0.445. The lowest BCUT2D eigenvalue weighted by molar-refractivity contribution is 0.110. The van der Waals surface area contributed by atoms with Gasteiger partial charge in [-0.1, -0.05) is 23.7 Å². The summed E-state index contributed by atoms with van der Waals surface area (Å²) in [6, 6.07) is 5.63. The molecule has 1 aromatic carbocycles. The van der Waals surface area contributed by atoms with Crippen molar-refractivity contribution in [1.82, 2.24) is 0 Å². The summed E-state index contributed by atoms with van der Waals surface area (Å²) >= 11 is 6.01. The highest BCUT2D eigenvalue weighted by Crippen LogP contribution is 2.46. The van der Waals surface area contributed by atoms with Crippen LogP contribution in [-0.2, 0) is 0 Å². The first-order valence-corrected chi connectivity index (χ1v) is 5.35. The van der Waals surface area contributed by atoms with E-state index in [1.807, 2.05) is 12.1 Å². The standard InChI is InChI=1S/C12H9ClO2/c13-9-3-1-2-8-11(7-4-5-7)10(6-14)15-12(8)9/h1-3,6-7H,4-5H2. The maximum atomic E-state index is 10.9. The van der Waals surface area contributed by atoms with Crippen LogP contribution in [0.5, 0.6) is 0 Å². The van der Waals surface area contributed by atoms with Crippen molar-refractivity contribution in [1.29, 1.82) is 0 Å². The van der Waals surface area contributed by atoms with Gasteiger partial charge in [0.25, 0.3) is 0 Å². The summed E-state index contributed by atoms with van der Waals surface area (Å²) in [4.78, 5) is 10.9. The molecule has 0 unspecified atom stereocenters. The third kappa shape index (κ3) is 1.29. The summed E-state index contributed by atoms with van der Waals surface area (Å²) in [5, 5.41) is 1.56. The Morgan fingerprint density at radius 1 is 1.40 bits per heavy atom. The molecular weight excluding hydrogens is 212 g/mol. The summed E-state index contributed by atoms with van der Waals surface area (Å²) in [7, 11) is 0. The van der Waals surface area contributed by atoms with Crippen LogP contribution < -0.4 is 0 Å². The predicted molar refractivity (Wildman–Crippen MR) is 58.6 cm³/mol. The van der Waals surface area contributed by atoms with Crippen LogP contribution in [-0.4, -0.2) is 6.29 Å². The van der Waals surface area contributed by atoms with Gasteiger partial charge in [-0.25, -0.2) is 0 Å². The van der Waals surface area contributed by atoms with Crippen molar-refractivity contribution in [3.05, 3.63) is 34.5 Å². The fourth-order valence-electron chi connectivity index (χ4n) is 2.00. The molecule has 2 nitrogen and oxygen atoms in total. The van der Waals surface area contributed by atoms with Gasteiger partial charge in [0.05, 0.1) is 5.02 Å². The Morgan fingerprint density at radius 2 is 2.20 bits per heavy atom. The molecule has 0 aliphatic heterocycles. The zero-order chi connectivity index (χ0) is 10.4. The molecular formula is C12H9ClO2. The number of hydrogen-bond donors (Lipinski definition) is 0. The number of para-hydroxylation sites is 1. The van der Waals surface area contributed by atoms with Crippen molar-refractivity contribution in [3.8, 4) is 0 Å². The normalized spacial score (nSPS) is 15.8. The summed E-state index contributed by atoms with van der Waals surface area (Å²) in [5.74, 6) is 0.936. The Balaban J connectivity index is 2.38. The van der Waals surface area contributed by atoms with E-state index in [1.54, 1.807) is 6.07 Å². The van der Waals surface area contributed by atoms with Crippen LogP contribution in [0.15, 0.2) is 22.6 Å². The van der Waals surface area contributed by atoms with E-state index in [2.05, 4.69) is 0 Å². The molecule has 1 heterocycles. The van der Waals surface area contributed by atoms with E-state index in [9.17, 15) is 4.79 Å². The van der Waals surface area contributed by atoms with E-state index in [0.717, 1.165) is 30.1 Å². The molecule has 0 N–H and O–H groups in total. The molecule has 0 atom stereocenters. The molecule has 3 heteroatoms. The molecule has 0 bridgehead atoms. The van der Waals surface area contributed by atoms with Crippen LogP contribution in [0.2, 0.25) is 5.02 Å². The molecule has 1 aliphatic carbocycles. The topological polar surface area (TPSA) is 30.2 Å². The molecule has 1 fully saturated rings. The van der Waals surface area contributed by atoms with Crippen LogP contribution in [0.3, 0.4) is 0 Å². The number of rotatable bonds is 2. The summed E-state index contributed by atoms with van der Waals surface area (Å²) < 4.78 is 5.48. The van der Waals surface area contributed by atoms with E-state index in [1.165, 1.54) is 0 Å². The van der Waals surface area contributed by atoms with Gasteiger partial charge in [-0.15, -0.1) is 0 Å². The Hall–Kier alpha value is -1.28. The van der Waals surface area contributed by atoms with E-state index < -0.39 is 0 Å². The fourth-order valence-corrected chi connectivity index (χ4v) is 2.22. The minimum atomic E-state index is 0.445. The molecule has 15 heavy (non-hydrogen) atoms. The second kappa shape index (κ2) is 3.11. The second-order valence-corrected chi connectivity index (χ2v) is 4.30. The maximum absolute atomic E-state index is 10.9. The van der Waals surface area contributed by atoms with Gasteiger partial charge in [-0.2, -0.15) is 0 Å². The van der Waals surface area contributed by atoms with Gasteiger partial charge >= 0.3 is 0 Å².